The molecule has 0 radical (unpaired) electrons. The normalized spacial score (nSPS) is 21.6. The number of aromatic nitrogens is 1. The lowest BCUT2D eigenvalue weighted by Crippen LogP contribution is -2.75. The number of hydrogen-bond acceptors (Lipinski definition) is 12. The van der Waals surface area contributed by atoms with E-state index < -0.39 is 69.7 Å². The van der Waals surface area contributed by atoms with Crippen molar-refractivity contribution in [2.45, 2.75) is 24.7 Å². The van der Waals surface area contributed by atoms with Gasteiger partial charge in [-0.3, -0.25) is 29.3 Å². The molecule has 1 fully saturated rings. The van der Waals surface area contributed by atoms with Gasteiger partial charge in [0, 0.05) is 18.4 Å². The van der Waals surface area contributed by atoms with Crippen LogP contribution >= 0.6 is 11.8 Å². The number of amides is 4. The van der Waals surface area contributed by atoms with Crippen molar-refractivity contribution in [2.75, 3.05) is 12.3 Å². The Morgan fingerprint density at radius 3 is 2.60 bits per heavy atom. The van der Waals surface area contributed by atoms with Gasteiger partial charge >= 0.3 is 16.3 Å². The van der Waals surface area contributed by atoms with E-state index >= 15 is 0 Å². The van der Waals surface area contributed by atoms with Crippen LogP contribution in [-0.4, -0.2) is 91.5 Å². The van der Waals surface area contributed by atoms with E-state index in [1.54, 1.807) is 0 Å². The molecule has 1 unspecified atom stereocenters. The third kappa shape index (κ3) is 5.63. The summed E-state index contributed by atoms with van der Waals surface area (Å²) in [5, 5.41) is 33.6. The second kappa shape index (κ2) is 9.80. The molecule has 2 aliphatic heterocycles. The van der Waals surface area contributed by atoms with Gasteiger partial charge in [-0.25, -0.2) is 9.10 Å². The highest BCUT2D eigenvalue weighted by Gasteiger charge is 2.54. The second-order valence-electron chi connectivity index (χ2n) is 7.26. The molecule has 3 atom stereocenters. The highest BCUT2D eigenvalue weighted by Crippen LogP contribution is 2.23. The molecular formula is C16H20N8O9S2. The Morgan fingerprint density at radius 1 is 1.31 bits per heavy atom. The number of nitrogens with zero attached hydrogens (tertiary/aromatic N) is 3. The van der Waals surface area contributed by atoms with Crippen LogP contribution in [0.5, 0.6) is 5.75 Å². The molecule has 19 heteroatoms. The predicted octanol–water partition coefficient (Wildman–Crippen LogP) is -3.46. The molecule has 9 N–H and O–H groups in total. The largest absolute Gasteiger partial charge is 0.503 e. The first-order valence-corrected chi connectivity index (χ1v) is 12.0. The Morgan fingerprint density at radius 2 is 2.00 bits per heavy atom. The monoisotopic (exact) mass is 532 g/mol. The molecule has 0 aliphatic carbocycles. The molecule has 0 spiro atoms. The van der Waals surface area contributed by atoms with Crippen molar-refractivity contribution < 1.29 is 37.7 Å². The van der Waals surface area contributed by atoms with E-state index in [2.05, 4.69) is 20.9 Å². The van der Waals surface area contributed by atoms with Crippen LogP contribution in [0.4, 0.5) is 4.79 Å². The average Bonchev–Trinajstić information content (AvgIpc) is 3.20. The van der Waals surface area contributed by atoms with Gasteiger partial charge in [0.2, 0.25) is 5.43 Å². The Kier molecular flexibility index (Phi) is 7.22. The maximum absolute atomic E-state index is 12.4. The Hall–Kier alpha value is -3.84. The van der Waals surface area contributed by atoms with Crippen molar-refractivity contribution in [1.29, 1.82) is 5.41 Å². The molecule has 0 bridgehead atoms. The van der Waals surface area contributed by atoms with Gasteiger partial charge in [-0.15, -0.1) is 0 Å². The van der Waals surface area contributed by atoms with Crippen molar-refractivity contribution in [3.05, 3.63) is 28.2 Å². The molecular weight excluding hydrogens is 512 g/mol. The van der Waals surface area contributed by atoms with Gasteiger partial charge in [0.15, 0.2) is 10.9 Å². The highest BCUT2D eigenvalue weighted by molar-refractivity contribution is 8.14. The van der Waals surface area contributed by atoms with Crippen LogP contribution < -0.4 is 27.1 Å². The molecule has 1 saturated heterocycles. The summed E-state index contributed by atoms with van der Waals surface area (Å²) in [5.74, 6) is -2.67. The quantitative estimate of drug-likeness (QED) is 0.0705. The van der Waals surface area contributed by atoms with E-state index in [0.717, 1.165) is 24.0 Å². The number of aliphatic imine (C=N–C) groups is 1. The topological polar surface area (TPSA) is 270 Å². The number of hydrogen-bond donors (Lipinski definition) is 8. The first-order chi connectivity index (χ1) is 16.3. The molecule has 2 aliphatic rings. The van der Waals surface area contributed by atoms with Gasteiger partial charge in [-0.1, -0.05) is 11.8 Å². The van der Waals surface area contributed by atoms with E-state index in [1.165, 1.54) is 0 Å². The van der Waals surface area contributed by atoms with Crippen molar-refractivity contribution in [2.24, 2.45) is 10.7 Å². The smallest absolute Gasteiger partial charge is 0.362 e. The number of nitrogens with two attached hydrogens (primary N) is 1. The van der Waals surface area contributed by atoms with E-state index in [1.807, 2.05) is 0 Å². The number of urea groups is 1. The van der Waals surface area contributed by atoms with Crippen LogP contribution in [0.15, 0.2) is 22.1 Å². The van der Waals surface area contributed by atoms with Crippen LogP contribution in [-0.2, 0) is 26.4 Å². The summed E-state index contributed by atoms with van der Waals surface area (Å²) < 4.78 is 32.9. The SMILES string of the molecule is N=C(C(=O)N[C@@H]1C(=O)N(S(=O)(=O)O)[C@@H]1CNC(=O)NCc1cc(=O)c(O)cn1O)C1CSC(N)=N1. The number of carbonyl (C=O) groups excluding carboxylic acids is 3. The van der Waals surface area contributed by atoms with E-state index in [-0.39, 0.29) is 27.5 Å². The van der Waals surface area contributed by atoms with Gasteiger partial charge in [0.1, 0.15) is 17.8 Å². The minimum Gasteiger partial charge on any atom is -0.503 e. The summed E-state index contributed by atoms with van der Waals surface area (Å²) in [6.45, 7) is -0.939. The molecule has 3 heterocycles. The highest BCUT2D eigenvalue weighted by atomic mass is 32.2. The van der Waals surface area contributed by atoms with E-state index in [0.29, 0.717) is 4.73 Å². The standard InChI is InChI=1S/C16H20N8O9S2/c17-11(7-5-34-15(18)21-7)13(27)22-12-8(24(14(12)28)35(31,32)33)3-20-16(29)19-2-6-1-9(25)10(26)4-23(6)30/h1,4,7-8,12,17,26,30H,2-3,5H2,(H2,18,21)(H,22,27)(H2,19,20,29)(H,31,32,33)/t7?,8-,12+/m1/s1. The van der Waals surface area contributed by atoms with Crippen molar-refractivity contribution in [3.8, 4) is 5.75 Å². The lowest BCUT2D eigenvalue weighted by atomic mass is 9.98. The number of pyridine rings is 1. The zero-order valence-electron chi connectivity index (χ0n) is 17.5. The third-order valence-electron chi connectivity index (χ3n) is 4.95. The number of rotatable bonds is 8. The van der Waals surface area contributed by atoms with Crippen LogP contribution in [0.3, 0.4) is 0 Å². The Balaban J connectivity index is 1.62. The number of β-lactam (4-membered cyclic amide) rings is 1. The first-order valence-electron chi connectivity index (χ1n) is 9.61. The van der Waals surface area contributed by atoms with Crippen molar-refractivity contribution in [3.63, 3.8) is 0 Å². The minimum absolute atomic E-state index is 0.0643. The predicted molar refractivity (Wildman–Crippen MR) is 119 cm³/mol. The van der Waals surface area contributed by atoms with Gasteiger partial charge in [-0.05, 0) is 0 Å². The molecule has 0 saturated carbocycles. The number of aromatic hydroxyl groups is 1. The molecule has 190 valence electrons. The fourth-order valence-electron chi connectivity index (χ4n) is 3.19. The summed E-state index contributed by atoms with van der Waals surface area (Å²) in [4.78, 5) is 52.0. The maximum Gasteiger partial charge on any atom is 0.362 e. The summed E-state index contributed by atoms with van der Waals surface area (Å²) in [7, 11) is -5.02. The molecule has 4 amide bonds. The number of carbonyl (C=O) groups is 3. The minimum atomic E-state index is -5.02. The van der Waals surface area contributed by atoms with Crippen molar-refractivity contribution >= 4 is 50.8 Å². The summed E-state index contributed by atoms with van der Waals surface area (Å²) >= 11 is 1.13. The average molecular weight is 533 g/mol. The van der Waals surface area contributed by atoms with Crippen LogP contribution in [0.25, 0.3) is 0 Å². The fourth-order valence-corrected chi connectivity index (χ4v) is 4.84. The van der Waals surface area contributed by atoms with Crippen LogP contribution in [0, 0.1) is 5.41 Å². The van der Waals surface area contributed by atoms with Crippen LogP contribution in [0.2, 0.25) is 0 Å². The maximum atomic E-state index is 12.4. The number of nitrogens with one attached hydrogen (secondary N) is 4. The zero-order valence-corrected chi connectivity index (χ0v) is 19.2. The number of thioether (sulfide) groups is 1. The Bertz CT molecular complexity index is 1280. The fraction of sp³-hybridized carbons (Fsp3) is 0.375. The second-order valence-corrected chi connectivity index (χ2v) is 9.59. The van der Waals surface area contributed by atoms with Gasteiger partial charge in [-0.2, -0.15) is 13.1 Å². The van der Waals surface area contributed by atoms with Crippen LogP contribution in [0.1, 0.15) is 5.69 Å². The van der Waals surface area contributed by atoms with Crippen molar-refractivity contribution in [1.82, 2.24) is 25.0 Å². The lowest BCUT2D eigenvalue weighted by molar-refractivity contribution is -0.144. The Labute approximate surface area is 200 Å². The molecule has 1 aromatic rings. The molecule has 3 rings (SSSR count). The lowest BCUT2D eigenvalue weighted by Gasteiger charge is -2.44. The molecule has 0 aromatic carbocycles. The van der Waals surface area contributed by atoms with Gasteiger partial charge < -0.3 is 32.0 Å². The molecule has 35 heavy (non-hydrogen) atoms. The molecule has 17 nitrogen and oxygen atoms in total. The summed E-state index contributed by atoms with van der Waals surface area (Å²) in [6, 6.07) is -3.82. The van der Waals surface area contributed by atoms with E-state index in [9.17, 15) is 42.5 Å². The third-order valence-corrected chi connectivity index (χ3v) is 6.78. The number of amidine groups is 1. The summed E-state index contributed by atoms with van der Waals surface area (Å²) in [6.07, 6.45) is 0.718. The van der Waals surface area contributed by atoms with Gasteiger partial charge in [0.05, 0.1) is 24.5 Å². The summed E-state index contributed by atoms with van der Waals surface area (Å²) in [5.41, 5.74) is 4.09. The molecule has 1 aromatic heterocycles. The first kappa shape index (κ1) is 25.8. The zero-order chi connectivity index (χ0) is 26.1. The van der Waals surface area contributed by atoms with E-state index in [4.69, 9.17) is 11.1 Å². The van der Waals surface area contributed by atoms with Gasteiger partial charge in [0.25, 0.3) is 11.8 Å².